The van der Waals surface area contributed by atoms with Crippen LogP contribution in [0.15, 0.2) is 9.64 Å². The molecule has 1 aliphatic rings. The van der Waals surface area contributed by atoms with Crippen LogP contribution in [0.1, 0.15) is 30.7 Å². The Morgan fingerprint density at radius 1 is 1.58 bits per heavy atom. The van der Waals surface area contributed by atoms with Crippen LogP contribution in [0.5, 0.6) is 0 Å². The molecule has 0 spiro atoms. The number of aromatic nitrogens is 1. The quantitative estimate of drug-likeness (QED) is 0.611. The topological polar surface area (TPSA) is 64.4 Å². The highest BCUT2D eigenvalue weighted by Crippen LogP contribution is 2.23. The summed E-state index contributed by atoms with van der Waals surface area (Å²) < 4.78 is 10.3. The van der Waals surface area contributed by atoms with Crippen molar-refractivity contribution in [2.75, 3.05) is 12.9 Å². The lowest BCUT2D eigenvalue weighted by molar-refractivity contribution is -0.143. The molecule has 1 atom stereocenters. The summed E-state index contributed by atoms with van der Waals surface area (Å²) in [6, 6.07) is 0.266. The van der Waals surface area contributed by atoms with E-state index in [1.54, 1.807) is 0 Å². The Kier molecular flexibility index (Phi) is 4.87. The number of esters is 1. The Bertz CT molecular complexity index is 424. The van der Waals surface area contributed by atoms with Crippen LogP contribution >= 0.6 is 11.8 Å². The number of hydrogen-bond donors (Lipinski definition) is 1. The Labute approximate surface area is 117 Å². The minimum atomic E-state index is -0.220. The summed E-state index contributed by atoms with van der Waals surface area (Å²) in [6.07, 6.45) is 3.02. The monoisotopic (exact) mass is 284 g/mol. The van der Waals surface area contributed by atoms with Crippen LogP contribution < -0.4 is 5.32 Å². The molecule has 5 nitrogen and oxygen atoms in total. The van der Waals surface area contributed by atoms with Crippen molar-refractivity contribution < 1.29 is 13.9 Å². The molecular weight excluding hydrogens is 264 g/mol. The molecule has 6 heteroatoms. The van der Waals surface area contributed by atoms with Crippen LogP contribution in [-0.4, -0.2) is 35.9 Å². The number of thioether (sulfide) groups is 1. The van der Waals surface area contributed by atoms with Crippen LogP contribution in [0.4, 0.5) is 0 Å². The van der Waals surface area contributed by atoms with Gasteiger partial charge in [-0.1, -0.05) is 11.8 Å². The largest absolute Gasteiger partial charge is 0.468 e. The van der Waals surface area contributed by atoms with Gasteiger partial charge in [0.05, 0.1) is 12.8 Å². The number of hydrogen-bond acceptors (Lipinski definition) is 6. The fraction of sp³-hybridized carbons (Fsp3) is 0.692. The number of aryl methyl sites for hydroxylation is 2. The fourth-order valence-corrected chi connectivity index (χ4v) is 2.63. The van der Waals surface area contributed by atoms with Gasteiger partial charge in [0.2, 0.25) is 0 Å². The average Bonchev–Trinajstić information content (AvgIpc) is 3.14. The maximum Gasteiger partial charge on any atom is 0.322 e. The number of methoxy groups -OCH3 is 1. The third-order valence-electron chi connectivity index (χ3n) is 3.14. The number of rotatable bonds is 7. The standard InChI is InChI=1S/C13H20N2O3S/c1-8-9(2)18-13(14-8)19-7-6-11(12(16)17-3)15-10-4-5-10/h10-11,15H,4-7H2,1-3H3. The van der Waals surface area contributed by atoms with Crippen molar-refractivity contribution in [3.63, 3.8) is 0 Å². The summed E-state index contributed by atoms with van der Waals surface area (Å²) in [5.41, 5.74) is 0.920. The van der Waals surface area contributed by atoms with E-state index in [2.05, 4.69) is 10.3 Å². The van der Waals surface area contributed by atoms with E-state index in [1.165, 1.54) is 18.9 Å². The first-order valence-electron chi connectivity index (χ1n) is 6.51. The first-order chi connectivity index (χ1) is 9.10. The number of nitrogens with zero attached hydrogens (tertiary/aromatic N) is 1. The summed E-state index contributed by atoms with van der Waals surface area (Å²) in [7, 11) is 1.43. The lowest BCUT2D eigenvalue weighted by Gasteiger charge is -2.15. The van der Waals surface area contributed by atoms with E-state index < -0.39 is 0 Å². The van der Waals surface area contributed by atoms with Gasteiger partial charge in [-0.2, -0.15) is 0 Å². The molecule has 1 heterocycles. The van der Waals surface area contributed by atoms with E-state index in [4.69, 9.17) is 9.15 Å². The Hall–Kier alpha value is -1.01. The van der Waals surface area contributed by atoms with Gasteiger partial charge in [-0.15, -0.1) is 0 Å². The second kappa shape index (κ2) is 6.43. The van der Waals surface area contributed by atoms with Gasteiger partial charge in [0.1, 0.15) is 11.8 Å². The zero-order valence-electron chi connectivity index (χ0n) is 11.6. The summed E-state index contributed by atoms with van der Waals surface area (Å²) in [5.74, 6) is 1.44. The highest BCUT2D eigenvalue weighted by atomic mass is 32.2. The second-order valence-corrected chi connectivity index (χ2v) is 5.82. The van der Waals surface area contributed by atoms with E-state index in [1.807, 2.05) is 13.8 Å². The van der Waals surface area contributed by atoms with Crippen LogP contribution in [0.2, 0.25) is 0 Å². The molecule has 1 fully saturated rings. The molecule has 0 aliphatic heterocycles. The van der Waals surface area contributed by atoms with Crippen molar-refractivity contribution in [1.82, 2.24) is 10.3 Å². The minimum absolute atomic E-state index is 0.188. The highest BCUT2D eigenvalue weighted by molar-refractivity contribution is 7.99. The molecule has 2 rings (SSSR count). The maximum absolute atomic E-state index is 11.6. The first-order valence-corrected chi connectivity index (χ1v) is 7.49. The van der Waals surface area contributed by atoms with E-state index >= 15 is 0 Å². The summed E-state index contributed by atoms with van der Waals surface area (Å²) in [4.78, 5) is 15.9. The molecule has 1 aromatic rings. The number of carbonyl (C=O) groups is 1. The van der Waals surface area contributed by atoms with Gasteiger partial charge >= 0.3 is 5.97 Å². The molecule has 0 aromatic carbocycles. The SMILES string of the molecule is COC(=O)C(CCSc1nc(C)c(C)o1)NC1CC1. The molecule has 1 aliphatic carbocycles. The Morgan fingerprint density at radius 3 is 2.84 bits per heavy atom. The van der Waals surface area contributed by atoms with Crippen LogP contribution in [0, 0.1) is 13.8 Å². The van der Waals surface area contributed by atoms with E-state index in [-0.39, 0.29) is 12.0 Å². The summed E-state index contributed by atoms with van der Waals surface area (Å²) in [5, 5.41) is 3.98. The maximum atomic E-state index is 11.6. The van der Waals surface area contributed by atoms with Crippen molar-refractivity contribution >= 4 is 17.7 Å². The predicted molar refractivity (Wildman–Crippen MR) is 73.3 cm³/mol. The van der Waals surface area contributed by atoms with Crippen molar-refractivity contribution in [1.29, 1.82) is 0 Å². The Balaban J connectivity index is 1.79. The highest BCUT2D eigenvalue weighted by Gasteiger charge is 2.28. The number of ether oxygens (including phenoxy) is 1. The molecule has 19 heavy (non-hydrogen) atoms. The van der Waals surface area contributed by atoms with Gasteiger partial charge in [-0.05, 0) is 33.1 Å². The molecule has 1 aromatic heterocycles. The van der Waals surface area contributed by atoms with Crippen molar-refractivity contribution in [2.45, 2.75) is 50.4 Å². The van der Waals surface area contributed by atoms with Crippen LogP contribution in [0.3, 0.4) is 0 Å². The predicted octanol–water partition coefficient (Wildman–Crippen LogP) is 2.07. The summed E-state index contributed by atoms with van der Waals surface area (Å²) >= 11 is 1.53. The van der Waals surface area contributed by atoms with Crippen molar-refractivity contribution in [3.05, 3.63) is 11.5 Å². The molecular formula is C13H20N2O3S. The average molecular weight is 284 g/mol. The third kappa shape index (κ3) is 4.24. The lowest BCUT2D eigenvalue weighted by atomic mass is 10.2. The fourth-order valence-electron chi connectivity index (χ4n) is 1.72. The van der Waals surface area contributed by atoms with Gasteiger partial charge < -0.3 is 14.5 Å². The Morgan fingerprint density at radius 2 is 2.32 bits per heavy atom. The van der Waals surface area contributed by atoms with Gasteiger partial charge in [-0.25, -0.2) is 4.98 Å². The number of carbonyl (C=O) groups excluding carboxylic acids is 1. The summed E-state index contributed by atoms with van der Waals surface area (Å²) in [6.45, 7) is 3.83. The molecule has 106 valence electrons. The molecule has 0 bridgehead atoms. The van der Waals surface area contributed by atoms with Crippen LogP contribution in [-0.2, 0) is 9.53 Å². The molecule has 0 amide bonds. The second-order valence-electron chi connectivity index (χ2n) is 4.78. The van der Waals surface area contributed by atoms with Crippen molar-refractivity contribution in [2.24, 2.45) is 0 Å². The third-order valence-corrected chi connectivity index (χ3v) is 4.00. The van der Waals surface area contributed by atoms with E-state index in [0.717, 1.165) is 30.0 Å². The van der Waals surface area contributed by atoms with E-state index in [9.17, 15) is 4.79 Å². The molecule has 1 unspecified atom stereocenters. The minimum Gasteiger partial charge on any atom is -0.468 e. The van der Waals surface area contributed by atoms with Crippen LogP contribution in [0.25, 0.3) is 0 Å². The molecule has 1 saturated carbocycles. The number of nitrogens with one attached hydrogen (secondary N) is 1. The molecule has 0 radical (unpaired) electrons. The van der Waals surface area contributed by atoms with Gasteiger partial charge in [-0.3, -0.25) is 4.79 Å². The molecule has 1 N–H and O–H groups in total. The smallest absolute Gasteiger partial charge is 0.322 e. The zero-order valence-corrected chi connectivity index (χ0v) is 12.4. The van der Waals surface area contributed by atoms with Gasteiger partial charge in [0.25, 0.3) is 5.22 Å². The van der Waals surface area contributed by atoms with E-state index in [0.29, 0.717) is 17.7 Å². The zero-order chi connectivity index (χ0) is 13.8. The van der Waals surface area contributed by atoms with Gasteiger partial charge in [0, 0.05) is 11.8 Å². The number of oxazole rings is 1. The van der Waals surface area contributed by atoms with Gasteiger partial charge in [0.15, 0.2) is 0 Å². The molecule has 0 saturated heterocycles. The normalized spacial score (nSPS) is 16.4. The first kappa shape index (κ1) is 14.4. The van der Waals surface area contributed by atoms with Crippen molar-refractivity contribution in [3.8, 4) is 0 Å². The lowest BCUT2D eigenvalue weighted by Crippen LogP contribution is -2.39.